The first-order valence-corrected chi connectivity index (χ1v) is 9.86. The summed E-state index contributed by atoms with van der Waals surface area (Å²) in [5.74, 6) is -0.961. The number of nitrogens with two attached hydrogens (primary N) is 1. The summed E-state index contributed by atoms with van der Waals surface area (Å²) in [5, 5.41) is 0. The van der Waals surface area contributed by atoms with Gasteiger partial charge in [0.25, 0.3) is 9.70 Å². The van der Waals surface area contributed by atoms with Gasteiger partial charge in [0, 0.05) is 0 Å². The van der Waals surface area contributed by atoms with Crippen molar-refractivity contribution in [1.82, 2.24) is 0 Å². The van der Waals surface area contributed by atoms with Gasteiger partial charge in [-0.05, 0) is 5.54 Å². The number of rotatable bonds is 0. The zero-order valence-electron chi connectivity index (χ0n) is 10.0. The molecule has 1 rings (SSSR count). The third-order valence-electron chi connectivity index (χ3n) is 3.32. The van der Waals surface area contributed by atoms with Crippen LogP contribution in [0.1, 0.15) is 26.2 Å². The molecule has 16 heavy (non-hydrogen) atoms. The molecule has 0 radical (unpaired) electrons. The van der Waals surface area contributed by atoms with Crippen LogP contribution in [0.2, 0.25) is 24.7 Å². The zero-order valence-corrected chi connectivity index (χ0v) is 13.3. The van der Waals surface area contributed by atoms with E-state index in [4.69, 9.17) is 34.8 Å². The molecule has 1 atom stereocenters. The molecule has 0 aromatic carbocycles. The Balaban J connectivity index is 0.000000293. The van der Waals surface area contributed by atoms with Gasteiger partial charge in [0.15, 0.2) is 0 Å². The molecule has 1 aliphatic heterocycles. The lowest BCUT2D eigenvalue weighted by atomic mass is 10.2. The molecule has 0 aromatic heterocycles. The van der Waals surface area contributed by atoms with Crippen LogP contribution in [0.5, 0.6) is 0 Å². The average molecular weight is 305 g/mol. The van der Waals surface area contributed by atoms with Crippen LogP contribution in [0.3, 0.4) is 0 Å². The van der Waals surface area contributed by atoms with Gasteiger partial charge in [-0.3, -0.25) is 4.79 Å². The Hall–Kier alpha value is 0.557. The van der Waals surface area contributed by atoms with E-state index in [2.05, 4.69) is 25.8 Å². The van der Waals surface area contributed by atoms with Crippen molar-refractivity contribution in [1.29, 1.82) is 0 Å². The highest BCUT2D eigenvalue weighted by atomic mass is 35.6. The Morgan fingerprint density at radius 2 is 1.75 bits per heavy atom. The van der Waals surface area contributed by atoms with E-state index < -0.39 is 17.8 Å². The predicted octanol–water partition coefficient (Wildman–Crippen LogP) is 4.11. The van der Waals surface area contributed by atoms with E-state index in [0.29, 0.717) is 0 Å². The number of primary amides is 1. The molecule has 0 aliphatic carbocycles. The quantitative estimate of drug-likeness (QED) is 0.531. The average Bonchev–Trinajstić information content (AvgIpc) is 2.09. The van der Waals surface area contributed by atoms with E-state index in [9.17, 15) is 4.79 Å². The molecule has 2 N–H and O–H groups in total. The van der Waals surface area contributed by atoms with Crippen LogP contribution < -0.4 is 5.73 Å². The van der Waals surface area contributed by atoms with Crippen molar-refractivity contribution in [2.24, 2.45) is 5.73 Å². The largest absolute Gasteiger partial charge is 0.366 e. The molecule has 6 heteroatoms. The van der Waals surface area contributed by atoms with Gasteiger partial charge in [-0.1, -0.05) is 80.1 Å². The summed E-state index contributed by atoms with van der Waals surface area (Å²) in [7, 11) is -0.694. The Morgan fingerprint density at radius 3 is 1.94 bits per heavy atom. The molecule has 1 unspecified atom stereocenters. The van der Waals surface area contributed by atoms with E-state index >= 15 is 0 Å². The molecule has 96 valence electrons. The van der Waals surface area contributed by atoms with Gasteiger partial charge in [-0.25, -0.2) is 0 Å². The van der Waals surface area contributed by atoms with Crippen LogP contribution in [0.25, 0.3) is 0 Å². The third-order valence-corrected chi connectivity index (χ3v) is 8.48. The highest BCUT2D eigenvalue weighted by Crippen LogP contribution is 2.36. The van der Waals surface area contributed by atoms with Gasteiger partial charge < -0.3 is 5.73 Å². The predicted molar refractivity (Wildman–Crippen MR) is 75.0 cm³/mol. The maximum absolute atomic E-state index is 9.85. The molecular weight excluding hydrogens is 285 g/mol. The lowest BCUT2D eigenvalue weighted by Crippen LogP contribution is -2.33. The number of carbonyl (C=O) groups is 1. The molecule has 0 bridgehead atoms. The summed E-state index contributed by atoms with van der Waals surface area (Å²) < 4.78 is -1.94. The van der Waals surface area contributed by atoms with Crippen molar-refractivity contribution in [3.8, 4) is 0 Å². The van der Waals surface area contributed by atoms with E-state index in [1.165, 1.54) is 19.3 Å². The maximum atomic E-state index is 9.85. The lowest BCUT2D eigenvalue weighted by molar-refractivity contribution is -0.117. The molecule has 0 aromatic rings. The van der Waals surface area contributed by atoms with Crippen molar-refractivity contribution in [2.75, 3.05) is 0 Å². The van der Waals surface area contributed by atoms with Crippen LogP contribution in [0.4, 0.5) is 0 Å². The van der Waals surface area contributed by atoms with E-state index in [1.54, 1.807) is 6.04 Å². The summed E-state index contributed by atoms with van der Waals surface area (Å²) in [6, 6.07) is 1.58. The minimum atomic E-state index is -1.94. The van der Waals surface area contributed by atoms with Gasteiger partial charge in [0.1, 0.15) is 0 Å². The summed E-state index contributed by atoms with van der Waals surface area (Å²) >= 11 is 14.8. The topological polar surface area (TPSA) is 43.1 Å². The SMILES string of the molecule is CC1CCCC[Si]1(C)C.NC(=O)C(Cl)(Cl)Cl. The van der Waals surface area contributed by atoms with Crippen molar-refractivity contribution < 1.29 is 4.79 Å². The van der Waals surface area contributed by atoms with Crippen molar-refractivity contribution in [2.45, 2.75) is 54.7 Å². The fourth-order valence-electron chi connectivity index (χ4n) is 1.67. The number of amides is 1. The monoisotopic (exact) mass is 303 g/mol. The molecule has 1 amide bonds. The second kappa shape index (κ2) is 6.48. The minimum absolute atomic E-state index is 0.694. The van der Waals surface area contributed by atoms with Gasteiger partial charge in [-0.2, -0.15) is 0 Å². The first kappa shape index (κ1) is 16.6. The van der Waals surface area contributed by atoms with Crippen molar-refractivity contribution in [3.63, 3.8) is 0 Å². The Labute approximate surface area is 114 Å². The number of carbonyl (C=O) groups excluding carboxylic acids is 1. The zero-order chi connectivity index (χ0) is 13.0. The third kappa shape index (κ3) is 6.33. The van der Waals surface area contributed by atoms with Crippen LogP contribution in [0, 0.1) is 0 Å². The second-order valence-corrected chi connectivity index (χ2v) is 12.7. The van der Waals surface area contributed by atoms with Crippen molar-refractivity contribution >= 4 is 48.8 Å². The van der Waals surface area contributed by atoms with E-state index in [0.717, 1.165) is 5.54 Å². The summed E-state index contributed by atoms with van der Waals surface area (Å²) in [6.07, 6.45) is 4.53. The molecule has 1 fully saturated rings. The highest BCUT2D eigenvalue weighted by Gasteiger charge is 2.30. The number of hydrogen-bond acceptors (Lipinski definition) is 1. The molecular formula is C10H20Cl3NOSi. The number of hydrogen-bond donors (Lipinski definition) is 1. The van der Waals surface area contributed by atoms with Gasteiger partial charge in [-0.15, -0.1) is 0 Å². The number of halogens is 3. The fourth-order valence-corrected chi connectivity index (χ4v) is 4.31. The lowest BCUT2D eigenvalue weighted by Gasteiger charge is -2.34. The standard InChI is InChI=1S/C8H18Si.C2H2Cl3NO/c1-8-6-4-5-7-9(8,2)3;3-2(4,5)1(6)7/h8H,4-7H2,1-3H3;(H2,6,7). The summed E-state index contributed by atoms with van der Waals surface area (Å²) in [4.78, 5) is 9.85. The van der Waals surface area contributed by atoms with E-state index in [-0.39, 0.29) is 0 Å². The Kier molecular flexibility index (Phi) is 6.70. The minimum Gasteiger partial charge on any atom is -0.366 e. The summed E-state index contributed by atoms with van der Waals surface area (Å²) in [6.45, 7) is 7.53. The van der Waals surface area contributed by atoms with Gasteiger partial charge in [0.05, 0.1) is 8.07 Å². The van der Waals surface area contributed by atoms with Crippen LogP contribution in [-0.2, 0) is 4.79 Å². The number of alkyl halides is 3. The first-order chi connectivity index (χ1) is 7.07. The molecule has 1 saturated heterocycles. The Morgan fingerprint density at radius 1 is 1.31 bits per heavy atom. The van der Waals surface area contributed by atoms with Crippen LogP contribution in [-0.4, -0.2) is 17.8 Å². The maximum Gasteiger partial charge on any atom is 0.269 e. The molecule has 0 spiro atoms. The second-order valence-electron chi connectivity index (χ2n) is 5.00. The molecule has 1 heterocycles. The molecule has 0 saturated carbocycles. The normalized spacial score (nSPS) is 24.2. The smallest absolute Gasteiger partial charge is 0.269 e. The van der Waals surface area contributed by atoms with Crippen LogP contribution >= 0.6 is 34.8 Å². The molecule has 2 nitrogen and oxygen atoms in total. The van der Waals surface area contributed by atoms with Gasteiger partial charge in [0.2, 0.25) is 0 Å². The molecule has 1 aliphatic rings. The van der Waals surface area contributed by atoms with E-state index in [1.807, 2.05) is 0 Å². The Bertz CT molecular complexity index is 241. The van der Waals surface area contributed by atoms with Gasteiger partial charge >= 0.3 is 0 Å². The highest BCUT2D eigenvalue weighted by molar-refractivity contribution is 6.78. The fraction of sp³-hybridized carbons (Fsp3) is 0.900. The summed E-state index contributed by atoms with van der Waals surface area (Å²) in [5.41, 5.74) is 5.62. The van der Waals surface area contributed by atoms with Crippen molar-refractivity contribution in [3.05, 3.63) is 0 Å². The van der Waals surface area contributed by atoms with Crippen LogP contribution in [0.15, 0.2) is 0 Å². The first-order valence-electron chi connectivity index (χ1n) is 5.44.